The number of hydrogen-bond donors (Lipinski definition) is 0. The Balaban J connectivity index is 3.73. The second-order valence-corrected chi connectivity index (χ2v) is 3.94. The van der Waals surface area contributed by atoms with Gasteiger partial charge in [0, 0.05) is 0 Å². The van der Waals surface area contributed by atoms with Crippen LogP contribution in [0.1, 0.15) is 6.92 Å². The standard InChI is InChI=1S/C3H8F3OP/c1-3-7-8(2,4,5)6/h3H2,1-2H3. The fraction of sp³-hybridized carbons (Fsp3) is 1.00. The molecule has 0 rings (SSSR count). The van der Waals surface area contributed by atoms with E-state index in [2.05, 4.69) is 4.52 Å². The first-order valence-corrected chi connectivity index (χ1v) is 4.41. The topological polar surface area (TPSA) is 9.23 Å². The maximum atomic E-state index is 11.7. The van der Waals surface area contributed by atoms with Crippen molar-refractivity contribution < 1.29 is 17.1 Å². The zero-order valence-electron chi connectivity index (χ0n) is 4.70. The Morgan fingerprint density at radius 1 is 1.38 bits per heavy atom. The van der Waals surface area contributed by atoms with Crippen LogP contribution in [0.5, 0.6) is 0 Å². The number of rotatable bonds is 2. The van der Waals surface area contributed by atoms with Gasteiger partial charge in [0.1, 0.15) is 0 Å². The van der Waals surface area contributed by atoms with Gasteiger partial charge in [-0.05, 0) is 0 Å². The summed E-state index contributed by atoms with van der Waals surface area (Å²) in [7, 11) is -6.10. The van der Waals surface area contributed by atoms with E-state index in [9.17, 15) is 12.6 Å². The number of halogens is 3. The van der Waals surface area contributed by atoms with Crippen LogP contribution in [0.4, 0.5) is 12.6 Å². The predicted octanol–water partition coefficient (Wildman–Crippen LogP) is 2.77. The second-order valence-electron chi connectivity index (χ2n) is 1.51. The zero-order chi connectivity index (χ0) is 6.86. The van der Waals surface area contributed by atoms with Crippen molar-refractivity contribution in [2.24, 2.45) is 0 Å². The summed E-state index contributed by atoms with van der Waals surface area (Å²) in [5.74, 6) is 0. The molecule has 0 unspecified atom stereocenters. The monoisotopic (exact) mass is 148 g/mol. The van der Waals surface area contributed by atoms with Crippen molar-refractivity contribution in [3.05, 3.63) is 0 Å². The SMILES string of the molecule is CCOP(C)(F)(F)F. The molecule has 0 heterocycles. The van der Waals surface area contributed by atoms with Gasteiger partial charge in [-0.3, -0.25) is 0 Å². The van der Waals surface area contributed by atoms with Crippen LogP contribution < -0.4 is 0 Å². The summed E-state index contributed by atoms with van der Waals surface area (Å²) < 4.78 is 38.5. The van der Waals surface area contributed by atoms with Crippen LogP contribution in [0.25, 0.3) is 0 Å². The van der Waals surface area contributed by atoms with Gasteiger partial charge in [-0.2, -0.15) is 0 Å². The van der Waals surface area contributed by atoms with E-state index >= 15 is 0 Å². The van der Waals surface area contributed by atoms with E-state index in [0.717, 1.165) is 0 Å². The fourth-order valence-electron chi connectivity index (χ4n) is 0.275. The van der Waals surface area contributed by atoms with Gasteiger partial charge in [-0.25, -0.2) is 0 Å². The molecule has 1 nitrogen and oxygen atoms in total. The molecule has 0 aromatic rings. The van der Waals surface area contributed by atoms with E-state index in [1.165, 1.54) is 6.92 Å². The van der Waals surface area contributed by atoms with E-state index in [4.69, 9.17) is 0 Å². The van der Waals surface area contributed by atoms with Gasteiger partial charge in [-0.1, -0.05) is 0 Å². The minimum absolute atomic E-state index is 0.203. The third-order valence-electron chi connectivity index (χ3n) is 0.405. The van der Waals surface area contributed by atoms with Crippen molar-refractivity contribution in [1.82, 2.24) is 0 Å². The molecule has 8 heavy (non-hydrogen) atoms. The summed E-state index contributed by atoms with van der Waals surface area (Å²) >= 11 is 0. The van der Waals surface area contributed by atoms with Gasteiger partial charge < -0.3 is 0 Å². The molecule has 0 aromatic carbocycles. The van der Waals surface area contributed by atoms with Crippen molar-refractivity contribution >= 4 is 7.76 Å². The molecule has 5 heteroatoms. The van der Waals surface area contributed by atoms with Crippen LogP contribution in [0, 0.1) is 0 Å². The summed E-state index contributed by atoms with van der Waals surface area (Å²) in [6, 6.07) is 0. The van der Waals surface area contributed by atoms with E-state index in [1.807, 2.05) is 0 Å². The quantitative estimate of drug-likeness (QED) is 0.547. The molecule has 0 aliphatic heterocycles. The molecule has 0 amide bonds. The normalized spacial score (nSPS) is 17.4. The van der Waals surface area contributed by atoms with Crippen molar-refractivity contribution in [2.45, 2.75) is 6.92 Å². The number of hydrogen-bond acceptors (Lipinski definition) is 1. The molecule has 0 fully saturated rings. The molecule has 0 aromatic heterocycles. The van der Waals surface area contributed by atoms with Crippen LogP contribution in [0.2, 0.25) is 0 Å². The predicted molar refractivity (Wildman–Crippen MR) is 27.8 cm³/mol. The van der Waals surface area contributed by atoms with E-state index < -0.39 is 7.76 Å². The van der Waals surface area contributed by atoms with Gasteiger partial charge in [0.05, 0.1) is 0 Å². The molecule has 0 saturated heterocycles. The first kappa shape index (κ1) is 8.18. The summed E-state index contributed by atoms with van der Waals surface area (Å²) in [6.45, 7) is 1.25. The molecule has 0 saturated carbocycles. The molecule has 0 N–H and O–H groups in total. The van der Waals surface area contributed by atoms with Gasteiger partial charge in [0.25, 0.3) is 0 Å². The average molecular weight is 148 g/mol. The first-order valence-electron chi connectivity index (χ1n) is 2.13. The second kappa shape index (κ2) is 1.85. The Bertz CT molecular complexity index is 77.0. The fourth-order valence-corrected chi connectivity index (χ4v) is 0.826. The first-order chi connectivity index (χ1) is 3.31. The van der Waals surface area contributed by atoms with Crippen molar-refractivity contribution in [3.8, 4) is 0 Å². The van der Waals surface area contributed by atoms with E-state index in [-0.39, 0.29) is 13.3 Å². The van der Waals surface area contributed by atoms with Crippen molar-refractivity contribution in [3.63, 3.8) is 0 Å². The molecule has 0 bridgehead atoms. The Morgan fingerprint density at radius 3 is 1.75 bits per heavy atom. The van der Waals surface area contributed by atoms with Gasteiger partial charge in [0.15, 0.2) is 0 Å². The van der Waals surface area contributed by atoms with E-state index in [0.29, 0.717) is 0 Å². The Hall–Kier alpha value is 0.180. The molecule has 0 aliphatic carbocycles. The summed E-state index contributed by atoms with van der Waals surface area (Å²) in [6.07, 6.45) is 0. The molecule has 0 aliphatic rings. The maximum absolute atomic E-state index is 11.7. The molecular formula is C3H8F3OP. The minimum atomic E-state index is -6.10. The van der Waals surface area contributed by atoms with Crippen LogP contribution in [-0.4, -0.2) is 13.3 Å². The average Bonchev–Trinajstić information content (AvgIpc) is 1.25. The summed E-state index contributed by atoms with van der Waals surface area (Å²) in [5, 5.41) is 0. The molecule has 0 atom stereocenters. The van der Waals surface area contributed by atoms with Crippen LogP contribution in [0.15, 0.2) is 0 Å². The van der Waals surface area contributed by atoms with Crippen LogP contribution >= 0.6 is 7.76 Å². The third kappa shape index (κ3) is 6.18. The van der Waals surface area contributed by atoms with Crippen LogP contribution in [0.3, 0.4) is 0 Å². The van der Waals surface area contributed by atoms with Crippen molar-refractivity contribution in [1.29, 1.82) is 0 Å². The molecular weight excluding hydrogens is 140 g/mol. The molecule has 0 spiro atoms. The Labute approximate surface area is 46.2 Å². The van der Waals surface area contributed by atoms with E-state index in [1.54, 1.807) is 0 Å². The van der Waals surface area contributed by atoms with Gasteiger partial charge in [0.2, 0.25) is 0 Å². The molecule has 52 valence electrons. The summed E-state index contributed by atoms with van der Waals surface area (Å²) in [5.41, 5.74) is 0. The zero-order valence-corrected chi connectivity index (χ0v) is 5.59. The van der Waals surface area contributed by atoms with Crippen LogP contribution in [-0.2, 0) is 4.52 Å². The third-order valence-corrected chi connectivity index (χ3v) is 1.21. The van der Waals surface area contributed by atoms with Gasteiger partial charge in [-0.15, -0.1) is 0 Å². The molecule has 0 radical (unpaired) electrons. The Morgan fingerprint density at radius 2 is 1.75 bits per heavy atom. The van der Waals surface area contributed by atoms with Crippen molar-refractivity contribution in [2.75, 3.05) is 13.3 Å². The van der Waals surface area contributed by atoms with Gasteiger partial charge >= 0.3 is 45.1 Å². The Kier molecular flexibility index (Phi) is 1.89. The summed E-state index contributed by atoms with van der Waals surface area (Å²) in [4.78, 5) is 0.